The summed E-state index contributed by atoms with van der Waals surface area (Å²) in [6.07, 6.45) is 0. The molecule has 2 aromatic carbocycles. The van der Waals surface area contributed by atoms with Gasteiger partial charge in [-0.15, -0.1) is 0 Å². The molecule has 0 aliphatic carbocycles. The predicted octanol–water partition coefficient (Wildman–Crippen LogP) is 3.13. The Bertz CT molecular complexity index is 876. The fourth-order valence-corrected chi connectivity index (χ4v) is 3.13. The molecule has 1 amide bonds. The monoisotopic (exact) mass is 353 g/mol. The number of aryl methyl sites for hydroxylation is 1. The number of aromatic hydroxyl groups is 1. The maximum Gasteiger partial charge on any atom is 0.255 e. The first-order valence-corrected chi connectivity index (χ1v) is 8.31. The van der Waals surface area contributed by atoms with Crippen LogP contribution < -0.4 is 16.0 Å². The van der Waals surface area contributed by atoms with E-state index in [0.717, 1.165) is 11.3 Å². The number of hydrogen-bond donors (Lipinski definition) is 4. The Morgan fingerprint density at radius 2 is 1.80 bits per heavy atom. The maximum absolute atomic E-state index is 13.0. The van der Waals surface area contributed by atoms with Gasteiger partial charge >= 0.3 is 0 Å². The average Bonchev–Trinajstić information content (AvgIpc) is 2.56. The van der Waals surface area contributed by atoms with Crippen molar-refractivity contribution < 1.29 is 9.90 Å². The molecule has 4 N–H and O–H groups in total. The van der Waals surface area contributed by atoms with Crippen molar-refractivity contribution in [2.24, 2.45) is 0 Å². The average molecular weight is 353 g/mol. The predicted molar refractivity (Wildman–Crippen MR) is 102 cm³/mol. The van der Waals surface area contributed by atoms with E-state index in [1.54, 1.807) is 25.1 Å². The second-order valence-electron chi connectivity index (χ2n) is 5.90. The molecule has 2 aromatic rings. The van der Waals surface area contributed by atoms with Crippen molar-refractivity contribution in [3.63, 3.8) is 0 Å². The second kappa shape index (κ2) is 6.94. The molecule has 1 aliphatic rings. The quantitative estimate of drug-likeness (QED) is 0.638. The summed E-state index contributed by atoms with van der Waals surface area (Å²) in [5.74, 6) is -0.138. The van der Waals surface area contributed by atoms with Gasteiger partial charge in [-0.25, -0.2) is 0 Å². The summed E-state index contributed by atoms with van der Waals surface area (Å²) >= 11 is 5.22. The van der Waals surface area contributed by atoms with E-state index in [4.69, 9.17) is 12.2 Å². The summed E-state index contributed by atoms with van der Waals surface area (Å²) in [5.41, 5.74) is 3.46. The van der Waals surface area contributed by atoms with Crippen molar-refractivity contribution >= 4 is 28.9 Å². The molecule has 25 heavy (non-hydrogen) atoms. The summed E-state index contributed by atoms with van der Waals surface area (Å²) < 4.78 is 0. The van der Waals surface area contributed by atoms with E-state index in [2.05, 4.69) is 16.0 Å². The van der Waals surface area contributed by atoms with E-state index in [-0.39, 0.29) is 11.7 Å². The van der Waals surface area contributed by atoms with Crippen LogP contribution in [0.2, 0.25) is 0 Å². The van der Waals surface area contributed by atoms with Crippen LogP contribution >= 0.6 is 12.2 Å². The molecule has 0 aromatic heterocycles. The minimum absolute atomic E-state index is 0.110. The molecule has 5 nitrogen and oxygen atoms in total. The fraction of sp³-hybridized carbons (Fsp3) is 0.158. The van der Waals surface area contributed by atoms with Gasteiger partial charge in [0.25, 0.3) is 5.91 Å². The lowest BCUT2D eigenvalue weighted by Gasteiger charge is -2.30. The molecule has 0 saturated carbocycles. The number of nitrogens with one attached hydrogen (secondary N) is 3. The normalized spacial score (nSPS) is 16.9. The Balaban J connectivity index is 1.99. The van der Waals surface area contributed by atoms with Crippen LogP contribution in [0.15, 0.2) is 59.8 Å². The number of phenolic OH excluding ortho intramolecular Hbond substituents is 1. The van der Waals surface area contributed by atoms with E-state index < -0.39 is 6.04 Å². The molecule has 6 heteroatoms. The summed E-state index contributed by atoms with van der Waals surface area (Å²) in [7, 11) is 0. The zero-order valence-electron chi connectivity index (χ0n) is 14.0. The van der Waals surface area contributed by atoms with Crippen LogP contribution in [-0.2, 0) is 4.79 Å². The van der Waals surface area contributed by atoms with Gasteiger partial charge in [0.05, 0.1) is 11.6 Å². The third-order valence-corrected chi connectivity index (χ3v) is 4.37. The molecule has 0 spiro atoms. The number of benzene rings is 2. The molecule has 1 unspecified atom stereocenters. The second-order valence-corrected chi connectivity index (χ2v) is 6.31. The fourth-order valence-electron chi connectivity index (χ4n) is 2.86. The third kappa shape index (κ3) is 3.49. The SMILES string of the molecule is CC1=C(C(=O)Nc2ccccc2C)C(c2ccccc2O)NC(=S)N1. The number of carbonyl (C=O) groups excluding carboxylic acids is 1. The highest BCUT2D eigenvalue weighted by molar-refractivity contribution is 7.80. The molecular formula is C19H19N3O2S. The number of hydrogen-bond acceptors (Lipinski definition) is 3. The lowest BCUT2D eigenvalue weighted by Crippen LogP contribution is -2.45. The standard InChI is InChI=1S/C19H19N3O2S/c1-11-7-3-5-9-14(11)21-18(24)16-12(2)20-19(25)22-17(16)13-8-4-6-10-15(13)23/h3-10,17,23H,1-2H3,(H,21,24)(H2,20,22,25). The molecule has 1 atom stereocenters. The molecule has 0 radical (unpaired) electrons. The van der Waals surface area contributed by atoms with Crippen LogP contribution in [-0.4, -0.2) is 16.1 Å². The first-order valence-electron chi connectivity index (χ1n) is 7.90. The largest absolute Gasteiger partial charge is 0.508 e. The first-order chi connectivity index (χ1) is 12.0. The Hall–Kier alpha value is -2.86. The molecule has 1 heterocycles. The van der Waals surface area contributed by atoms with Gasteiger partial charge in [0.2, 0.25) is 0 Å². The highest BCUT2D eigenvalue weighted by Crippen LogP contribution is 2.33. The molecule has 0 fully saturated rings. The van der Waals surface area contributed by atoms with E-state index in [1.807, 2.05) is 37.3 Å². The highest BCUT2D eigenvalue weighted by Gasteiger charge is 2.31. The Morgan fingerprint density at radius 1 is 1.12 bits per heavy atom. The van der Waals surface area contributed by atoms with Gasteiger partial charge in [0.15, 0.2) is 5.11 Å². The molecule has 0 bridgehead atoms. The van der Waals surface area contributed by atoms with Crippen molar-refractivity contribution in [1.82, 2.24) is 10.6 Å². The smallest absolute Gasteiger partial charge is 0.255 e. The Morgan fingerprint density at radius 3 is 2.52 bits per heavy atom. The molecule has 1 aliphatic heterocycles. The van der Waals surface area contributed by atoms with Crippen molar-refractivity contribution in [3.05, 3.63) is 70.9 Å². The van der Waals surface area contributed by atoms with Crippen molar-refractivity contribution in [2.45, 2.75) is 19.9 Å². The lowest BCUT2D eigenvalue weighted by atomic mass is 9.94. The van der Waals surface area contributed by atoms with Crippen LogP contribution in [0.5, 0.6) is 5.75 Å². The zero-order valence-corrected chi connectivity index (χ0v) is 14.8. The summed E-state index contributed by atoms with van der Waals surface area (Å²) in [6, 6.07) is 14.0. The third-order valence-electron chi connectivity index (χ3n) is 4.15. The summed E-state index contributed by atoms with van der Waals surface area (Å²) in [6.45, 7) is 3.73. The lowest BCUT2D eigenvalue weighted by molar-refractivity contribution is -0.113. The molecule has 128 valence electrons. The first kappa shape index (κ1) is 17.0. The number of para-hydroxylation sites is 2. The van der Waals surface area contributed by atoms with Gasteiger partial charge in [0, 0.05) is 16.9 Å². The number of thiocarbonyl (C=S) groups is 1. The topological polar surface area (TPSA) is 73.4 Å². The van der Waals surface area contributed by atoms with Crippen molar-refractivity contribution in [1.29, 1.82) is 0 Å². The van der Waals surface area contributed by atoms with E-state index in [1.165, 1.54) is 0 Å². The van der Waals surface area contributed by atoms with Gasteiger partial charge in [0.1, 0.15) is 5.75 Å². The van der Waals surface area contributed by atoms with Crippen LogP contribution in [0.25, 0.3) is 0 Å². The minimum atomic E-state index is -0.529. The number of carbonyl (C=O) groups is 1. The number of rotatable bonds is 3. The van der Waals surface area contributed by atoms with Crippen LogP contribution in [0.3, 0.4) is 0 Å². The van der Waals surface area contributed by atoms with Gasteiger partial charge in [-0.05, 0) is 43.8 Å². The maximum atomic E-state index is 13.0. The molecular weight excluding hydrogens is 334 g/mol. The minimum Gasteiger partial charge on any atom is -0.508 e. The van der Waals surface area contributed by atoms with Crippen LogP contribution in [0.4, 0.5) is 5.69 Å². The number of anilines is 1. The number of amides is 1. The van der Waals surface area contributed by atoms with Gasteiger partial charge < -0.3 is 21.1 Å². The van der Waals surface area contributed by atoms with E-state index in [9.17, 15) is 9.90 Å². The summed E-state index contributed by atoms with van der Waals surface area (Å²) in [5, 5.41) is 19.6. The Labute approximate surface area is 151 Å². The Kier molecular flexibility index (Phi) is 4.72. The van der Waals surface area contributed by atoms with Gasteiger partial charge in [-0.3, -0.25) is 4.79 Å². The van der Waals surface area contributed by atoms with E-state index in [0.29, 0.717) is 21.9 Å². The van der Waals surface area contributed by atoms with Crippen molar-refractivity contribution in [3.8, 4) is 5.75 Å². The number of allylic oxidation sites excluding steroid dienone is 1. The van der Waals surface area contributed by atoms with Crippen LogP contribution in [0.1, 0.15) is 24.1 Å². The van der Waals surface area contributed by atoms with E-state index >= 15 is 0 Å². The molecule has 0 saturated heterocycles. The van der Waals surface area contributed by atoms with Gasteiger partial charge in [-0.1, -0.05) is 36.4 Å². The molecule has 3 rings (SSSR count). The summed E-state index contributed by atoms with van der Waals surface area (Å²) in [4.78, 5) is 13.0. The highest BCUT2D eigenvalue weighted by atomic mass is 32.1. The van der Waals surface area contributed by atoms with Crippen LogP contribution in [0, 0.1) is 6.92 Å². The zero-order chi connectivity index (χ0) is 18.0. The van der Waals surface area contributed by atoms with Crippen molar-refractivity contribution in [2.75, 3.05) is 5.32 Å². The number of phenols is 1. The van der Waals surface area contributed by atoms with Gasteiger partial charge in [-0.2, -0.15) is 0 Å².